The van der Waals surface area contributed by atoms with Crippen LogP contribution in [0.5, 0.6) is 5.75 Å². The first-order valence-corrected chi connectivity index (χ1v) is 8.48. The molecule has 0 atom stereocenters. The van der Waals surface area contributed by atoms with Crippen molar-refractivity contribution >= 4 is 15.7 Å². The summed E-state index contributed by atoms with van der Waals surface area (Å²) in [6.07, 6.45) is 1.97. The molecule has 0 radical (unpaired) electrons. The quantitative estimate of drug-likeness (QED) is 0.731. The minimum Gasteiger partial charge on any atom is -0.492 e. The number of hydrogen-bond acceptors (Lipinski definition) is 5. The maximum Gasteiger partial charge on any atom is 0.217 e. The molecule has 0 heterocycles. The van der Waals surface area contributed by atoms with Gasteiger partial charge < -0.3 is 10.5 Å². The summed E-state index contributed by atoms with van der Waals surface area (Å²) in [5, 5.41) is 8.63. The number of nitrogens with zero attached hydrogens (tertiary/aromatic N) is 2. The summed E-state index contributed by atoms with van der Waals surface area (Å²) in [6, 6.07) is 8.93. The number of anilines is 1. The predicted octanol–water partition coefficient (Wildman–Crippen LogP) is 1.36. The second kappa shape index (κ2) is 6.78. The summed E-state index contributed by atoms with van der Waals surface area (Å²) in [4.78, 5) is 0. The van der Waals surface area contributed by atoms with Gasteiger partial charge in [-0.15, -0.1) is 0 Å². The number of nitriles is 1. The van der Waals surface area contributed by atoms with E-state index in [1.165, 1.54) is 4.31 Å². The monoisotopic (exact) mass is 309 g/mol. The third-order valence-electron chi connectivity index (χ3n) is 3.22. The lowest BCUT2D eigenvalue weighted by Gasteiger charge is -2.20. The fourth-order valence-electron chi connectivity index (χ4n) is 2.06. The molecule has 0 aromatic heterocycles. The summed E-state index contributed by atoms with van der Waals surface area (Å²) in [5.41, 5.74) is 6.20. The van der Waals surface area contributed by atoms with Crippen LogP contribution in [-0.2, 0) is 10.0 Å². The summed E-state index contributed by atoms with van der Waals surface area (Å²) < 4.78 is 31.4. The van der Waals surface area contributed by atoms with E-state index in [0.29, 0.717) is 11.4 Å². The van der Waals surface area contributed by atoms with E-state index in [1.54, 1.807) is 24.3 Å². The Morgan fingerprint density at radius 3 is 2.81 bits per heavy atom. The van der Waals surface area contributed by atoms with Crippen molar-refractivity contribution in [3.63, 3.8) is 0 Å². The van der Waals surface area contributed by atoms with E-state index in [-0.39, 0.29) is 31.4 Å². The minimum atomic E-state index is -3.39. The summed E-state index contributed by atoms with van der Waals surface area (Å²) >= 11 is 0. The zero-order valence-corrected chi connectivity index (χ0v) is 12.6. The van der Waals surface area contributed by atoms with Crippen LogP contribution < -0.4 is 10.5 Å². The second-order valence-electron chi connectivity index (χ2n) is 4.99. The molecule has 1 aromatic rings. The van der Waals surface area contributed by atoms with E-state index in [4.69, 9.17) is 15.7 Å². The molecule has 0 aliphatic heterocycles. The standard InChI is InChI=1S/C14H19N3O3S/c15-7-2-8-17(13-5-6-13)21(18,19)10-9-20-14-4-1-3-12(16)11-14/h1,3-4,11,13H,2,5-6,8-10,16H2. The largest absolute Gasteiger partial charge is 0.492 e. The Morgan fingerprint density at radius 1 is 1.43 bits per heavy atom. The SMILES string of the molecule is N#CCCN(C1CC1)S(=O)(=O)CCOc1cccc(N)c1. The normalized spacial score (nSPS) is 14.9. The van der Waals surface area contributed by atoms with Crippen molar-refractivity contribution in [2.24, 2.45) is 0 Å². The van der Waals surface area contributed by atoms with E-state index in [9.17, 15) is 8.42 Å². The number of nitrogens with two attached hydrogens (primary N) is 1. The zero-order valence-electron chi connectivity index (χ0n) is 11.7. The lowest BCUT2D eigenvalue weighted by Crippen LogP contribution is -2.37. The molecule has 0 saturated heterocycles. The molecule has 1 aliphatic rings. The van der Waals surface area contributed by atoms with Crippen LogP contribution in [-0.4, -0.2) is 37.7 Å². The van der Waals surface area contributed by atoms with Gasteiger partial charge in [-0.3, -0.25) is 0 Å². The molecule has 7 heteroatoms. The molecular formula is C14H19N3O3S. The molecule has 1 aromatic carbocycles. The average Bonchev–Trinajstić information content (AvgIpc) is 3.23. The smallest absolute Gasteiger partial charge is 0.217 e. The van der Waals surface area contributed by atoms with Gasteiger partial charge in [0.2, 0.25) is 10.0 Å². The van der Waals surface area contributed by atoms with Crippen molar-refractivity contribution in [3.8, 4) is 11.8 Å². The summed E-state index contributed by atoms with van der Waals surface area (Å²) in [5.74, 6) is 0.462. The average molecular weight is 309 g/mol. The van der Waals surface area contributed by atoms with E-state index < -0.39 is 10.0 Å². The van der Waals surface area contributed by atoms with Crippen LogP contribution in [0, 0.1) is 11.3 Å². The Morgan fingerprint density at radius 2 is 2.19 bits per heavy atom. The van der Waals surface area contributed by atoms with Gasteiger partial charge in [-0.2, -0.15) is 9.57 Å². The molecular weight excluding hydrogens is 290 g/mol. The zero-order chi connectivity index (χ0) is 15.3. The Kier molecular flexibility index (Phi) is 5.04. The number of hydrogen-bond donors (Lipinski definition) is 1. The van der Waals surface area contributed by atoms with Gasteiger partial charge in [-0.05, 0) is 25.0 Å². The first-order valence-electron chi connectivity index (χ1n) is 6.88. The highest BCUT2D eigenvalue weighted by Gasteiger charge is 2.36. The minimum absolute atomic E-state index is 0.0655. The maximum absolute atomic E-state index is 12.3. The van der Waals surface area contributed by atoms with Gasteiger partial charge in [-0.1, -0.05) is 6.07 Å². The van der Waals surface area contributed by atoms with Crippen LogP contribution in [0.25, 0.3) is 0 Å². The lowest BCUT2D eigenvalue weighted by molar-refractivity contribution is 0.333. The second-order valence-corrected chi connectivity index (χ2v) is 7.03. The van der Waals surface area contributed by atoms with E-state index in [0.717, 1.165) is 12.8 Å². The van der Waals surface area contributed by atoms with Crippen molar-refractivity contribution < 1.29 is 13.2 Å². The topological polar surface area (TPSA) is 96.4 Å². The van der Waals surface area contributed by atoms with Crippen LogP contribution in [0.4, 0.5) is 5.69 Å². The highest BCUT2D eigenvalue weighted by molar-refractivity contribution is 7.89. The van der Waals surface area contributed by atoms with E-state index >= 15 is 0 Å². The number of benzene rings is 1. The lowest BCUT2D eigenvalue weighted by atomic mass is 10.3. The number of nitrogen functional groups attached to an aromatic ring is 1. The number of ether oxygens (including phenoxy) is 1. The molecule has 1 aliphatic carbocycles. The van der Waals surface area contributed by atoms with Gasteiger partial charge in [0, 0.05) is 30.8 Å². The number of rotatable bonds is 8. The molecule has 0 amide bonds. The van der Waals surface area contributed by atoms with Crippen LogP contribution in [0.2, 0.25) is 0 Å². The van der Waals surface area contributed by atoms with Crippen LogP contribution in [0.1, 0.15) is 19.3 Å². The van der Waals surface area contributed by atoms with Gasteiger partial charge >= 0.3 is 0 Å². The highest BCUT2D eigenvalue weighted by atomic mass is 32.2. The molecule has 2 rings (SSSR count). The van der Waals surface area contributed by atoms with Crippen molar-refractivity contribution in [3.05, 3.63) is 24.3 Å². The molecule has 6 nitrogen and oxygen atoms in total. The summed E-state index contributed by atoms with van der Waals surface area (Å²) in [6.45, 7) is 0.337. The maximum atomic E-state index is 12.3. The fourth-order valence-corrected chi connectivity index (χ4v) is 3.62. The van der Waals surface area contributed by atoms with Gasteiger partial charge in [0.25, 0.3) is 0 Å². The molecule has 1 saturated carbocycles. The molecule has 0 bridgehead atoms. The first kappa shape index (κ1) is 15.6. The van der Waals surface area contributed by atoms with E-state index in [2.05, 4.69) is 0 Å². The third-order valence-corrected chi connectivity index (χ3v) is 5.10. The van der Waals surface area contributed by atoms with E-state index in [1.807, 2.05) is 6.07 Å². The molecule has 21 heavy (non-hydrogen) atoms. The van der Waals surface area contributed by atoms with Gasteiger partial charge in [0.05, 0.1) is 11.8 Å². The number of sulfonamides is 1. The highest BCUT2D eigenvalue weighted by Crippen LogP contribution is 2.29. The first-order chi connectivity index (χ1) is 10.0. The summed E-state index contributed by atoms with van der Waals surface area (Å²) in [7, 11) is -3.39. The Balaban J connectivity index is 1.89. The molecule has 0 unspecified atom stereocenters. The van der Waals surface area contributed by atoms with Crippen LogP contribution >= 0.6 is 0 Å². The predicted molar refractivity (Wildman–Crippen MR) is 80.1 cm³/mol. The van der Waals surface area contributed by atoms with Gasteiger partial charge in [0.15, 0.2) is 0 Å². The van der Waals surface area contributed by atoms with Crippen molar-refractivity contribution in [1.29, 1.82) is 5.26 Å². The Bertz CT molecular complexity index is 621. The third kappa shape index (κ3) is 4.62. The Hall–Kier alpha value is -1.78. The van der Waals surface area contributed by atoms with Crippen molar-refractivity contribution in [1.82, 2.24) is 4.31 Å². The molecule has 1 fully saturated rings. The fraction of sp³-hybridized carbons (Fsp3) is 0.500. The molecule has 2 N–H and O–H groups in total. The molecule has 0 spiro atoms. The van der Waals surface area contributed by atoms with Crippen molar-refractivity contribution in [2.45, 2.75) is 25.3 Å². The molecule has 114 valence electrons. The van der Waals surface area contributed by atoms with Gasteiger partial charge in [-0.25, -0.2) is 8.42 Å². The Labute approximate surface area is 125 Å². The van der Waals surface area contributed by atoms with Crippen LogP contribution in [0.3, 0.4) is 0 Å². The van der Waals surface area contributed by atoms with Gasteiger partial charge in [0.1, 0.15) is 12.4 Å². The van der Waals surface area contributed by atoms with Crippen LogP contribution in [0.15, 0.2) is 24.3 Å². The van der Waals surface area contributed by atoms with Crippen molar-refractivity contribution in [2.75, 3.05) is 24.6 Å².